The van der Waals surface area contributed by atoms with Crippen molar-refractivity contribution in [3.05, 3.63) is 59.4 Å². The number of methoxy groups -OCH3 is 2. The number of halogens is 1. The van der Waals surface area contributed by atoms with Crippen LogP contribution in [0.4, 0.5) is 4.39 Å². The predicted octanol–water partition coefficient (Wildman–Crippen LogP) is 3.35. The second kappa shape index (κ2) is 7.09. The highest BCUT2D eigenvalue weighted by Crippen LogP contribution is 2.35. The molecule has 0 radical (unpaired) electrons. The third kappa shape index (κ3) is 3.52. The van der Waals surface area contributed by atoms with Crippen LogP contribution in [0.15, 0.2) is 42.5 Å². The van der Waals surface area contributed by atoms with Crippen LogP contribution >= 0.6 is 0 Å². The molecule has 1 N–H and O–H groups in total. The molecule has 1 unspecified atom stereocenters. The van der Waals surface area contributed by atoms with Crippen molar-refractivity contribution in [2.75, 3.05) is 21.3 Å². The van der Waals surface area contributed by atoms with Crippen molar-refractivity contribution in [2.45, 2.75) is 12.5 Å². The van der Waals surface area contributed by atoms with Gasteiger partial charge >= 0.3 is 0 Å². The number of hydrogen-bond acceptors (Lipinski definition) is 3. The molecule has 2 aromatic carbocycles. The number of para-hydroxylation sites is 1. The Kier molecular flexibility index (Phi) is 5.17. The number of benzene rings is 2. The van der Waals surface area contributed by atoms with E-state index in [0.29, 0.717) is 5.75 Å². The molecule has 0 saturated heterocycles. The van der Waals surface area contributed by atoms with E-state index in [2.05, 4.69) is 5.32 Å². The monoisotopic (exact) mass is 289 g/mol. The van der Waals surface area contributed by atoms with Crippen LogP contribution in [-0.4, -0.2) is 21.3 Å². The van der Waals surface area contributed by atoms with Crippen molar-refractivity contribution in [3.8, 4) is 11.5 Å². The third-order valence-electron chi connectivity index (χ3n) is 3.51. The zero-order valence-electron chi connectivity index (χ0n) is 12.5. The standard InChI is InChI=1S/C17H20FNO2/c1-19-15(11-12-7-9-13(18)10-8-12)14-5-4-6-16(20-2)17(14)21-3/h4-10,15,19H,11H2,1-3H3. The summed E-state index contributed by atoms with van der Waals surface area (Å²) in [5, 5.41) is 3.28. The molecular formula is C17H20FNO2. The van der Waals surface area contributed by atoms with Crippen LogP contribution in [0.5, 0.6) is 11.5 Å². The van der Waals surface area contributed by atoms with Gasteiger partial charge < -0.3 is 14.8 Å². The molecule has 1 atom stereocenters. The van der Waals surface area contributed by atoms with Gasteiger partial charge in [0.05, 0.1) is 14.2 Å². The van der Waals surface area contributed by atoms with E-state index in [4.69, 9.17) is 9.47 Å². The number of rotatable bonds is 6. The minimum Gasteiger partial charge on any atom is -0.493 e. The van der Waals surface area contributed by atoms with Gasteiger partial charge in [-0.15, -0.1) is 0 Å². The zero-order chi connectivity index (χ0) is 15.2. The minimum atomic E-state index is -0.223. The van der Waals surface area contributed by atoms with Gasteiger partial charge in [-0.2, -0.15) is 0 Å². The minimum absolute atomic E-state index is 0.0560. The second-order valence-corrected chi connectivity index (χ2v) is 4.75. The van der Waals surface area contributed by atoms with Gasteiger partial charge in [0.1, 0.15) is 5.82 Å². The van der Waals surface area contributed by atoms with Gasteiger partial charge in [-0.25, -0.2) is 4.39 Å². The van der Waals surface area contributed by atoms with Gasteiger partial charge in [-0.3, -0.25) is 0 Å². The topological polar surface area (TPSA) is 30.5 Å². The maximum absolute atomic E-state index is 13.0. The summed E-state index contributed by atoms with van der Waals surface area (Å²) in [4.78, 5) is 0. The maximum Gasteiger partial charge on any atom is 0.165 e. The molecule has 4 heteroatoms. The molecule has 0 spiro atoms. The van der Waals surface area contributed by atoms with Crippen LogP contribution in [0.2, 0.25) is 0 Å². The zero-order valence-corrected chi connectivity index (χ0v) is 12.5. The van der Waals surface area contributed by atoms with Crippen molar-refractivity contribution in [3.63, 3.8) is 0 Å². The molecule has 2 rings (SSSR count). The van der Waals surface area contributed by atoms with E-state index in [1.165, 1.54) is 12.1 Å². The van der Waals surface area contributed by atoms with Crippen LogP contribution in [0, 0.1) is 5.82 Å². The van der Waals surface area contributed by atoms with Gasteiger partial charge in [-0.1, -0.05) is 24.3 Å². The lowest BCUT2D eigenvalue weighted by molar-refractivity contribution is 0.347. The first-order chi connectivity index (χ1) is 10.2. The molecule has 0 amide bonds. The van der Waals surface area contributed by atoms with Crippen LogP contribution in [-0.2, 0) is 6.42 Å². The van der Waals surface area contributed by atoms with Crippen molar-refractivity contribution in [1.82, 2.24) is 5.32 Å². The van der Waals surface area contributed by atoms with E-state index < -0.39 is 0 Å². The van der Waals surface area contributed by atoms with Crippen molar-refractivity contribution < 1.29 is 13.9 Å². The normalized spacial score (nSPS) is 12.0. The summed E-state index contributed by atoms with van der Waals surface area (Å²) in [6.07, 6.45) is 0.736. The van der Waals surface area contributed by atoms with Crippen LogP contribution in [0.3, 0.4) is 0 Å². The summed E-state index contributed by atoms with van der Waals surface area (Å²) >= 11 is 0. The fraction of sp³-hybridized carbons (Fsp3) is 0.294. The number of nitrogens with one attached hydrogen (secondary N) is 1. The van der Waals surface area contributed by atoms with E-state index >= 15 is 0 Å². The molecule has 0 heterocycles. The lowest BCUT2D eigenvalue weighted by Crippen LogP contribution is -2.19. The lowest BCUT2D eigenvalue weighted by Gasteiger charge is -2.21. The molecular weight excluding hydrogens is 269 g/mol. The van der Waals surface area contributed by atoms with Crippen LogP contribution in [0.1, 0.15) is 17.2 Å². The highest BCUT2D eigenvalue weighted by Gasteiger charge is 2.18. The van der Waals surface area contributed by atoms with Gasteiger partial charge in [0.2, 0.25) is 0 Å². The Morgan fingerprint density at radius 1 is 1.05 bits per heavy atom. The predicted molar refractivity (Wildman–Crippen MR) is 81.5 cm³/mol. The van der Waals surface area contributed by atoms with E-state index in [-0.39, 0.29) is 11.9 Å². The average molecular weight is 289 g/mol. The summed E-state index contributed by atoms with van der Waals surface area (Å²) in [7, 11) is 5.15. The SMILES string of the molecule is CNC(Cc1ccc(F)cc1)c1cccc(OC)c1OC. The van der Waals surface area contributed by atoms with Gasteiger partial charge in [0.25, 0.3) is 0 Å². The van der Waals surface area contributed by atoms with Crippen LogP contribution < -0.4 is 14.8 Å². The van der Waals surface area contributed by atoms with E-state index in [0.717, 1.165) is 23.3 Å². The first-order valence-electron chi connectivity index (χ1n) is 6.82. The van der Waals surface area contributed by atoms with Crippen molar-refractivity contribution >= 4 is 0 Å². The van der Waals surface area contributed by atoms with E-state index in [1.807, 2.05) is 25.2 Å². The van der Waals surface area contributed by atoms with Gasteiger partial charge in [0, 0.05) is 11.6 Å². The lowest BCUT2D eigenvalue weighted by atomic mass is 9.98. The Morgan fingerprint density at radius 2 is 1.76 bits per heavy atom. The Balaban J connectivity index is 2.31. The third-order valence-corrected chi connectivity index (χ3v) is 3.51. The molecule has 0 aliphatic carbocycles. The molecule has 0 fully saturated rings. The summed E-state index contributed by atoms with van der Waals surface area (Å²) in [5.74, 6) is 1.20. The van der Waals surface area contributed by atoms with Gasteiger partial charge in [-0.05, 0) is 37.2 Å². The Bertz CT molecular complexity index is 584. The smallest absolute Gasteiger partial charge is 0.165 e. The fourth-order valence-electron chi connectivity index (χ4n) is 2.41. The summed E-state index contributed by atoms with van der Waals surface area (Å²) in [6, 6.07) is 12.4. The first kappa shape index (κ1) is 15.3. The number of hydrogen-bond donors (Lipinski definition) is 1. The highest BCUT2D eigenvalue weighted by atomic mass is 19.1. The largest absolute Gasteiger partial charge is 0.493 e. The Labute approximate surface area is 124 Å². The molecule has 0 aliphatic rings. The van der Waals surface area contributed by atoms with Crippen molar-refractivity contribution in [1.29, 1.82) is 0 Å². The molecule has 2 aromatic rings. The summed E-state index contributed by atoms with van der Waals surface area (Å²) in [5.41, 5.74) is 2.07. The Morgan fingerprint density at radius 3 is 2.33 bits per heavy atom. The molecule has 21 heavy (non-hydrogen) atoms. The van der Waals surface area contributed by atoms with E-state index in [1.54, 1.807) is 26.4 Å². The number of likely N-dealkylation sites (N-methyl/N-ethyl adjacent to an activating group) is 1. The van der Waals surface area contributed by atoms with E-state index in [9.17, 15) is 4.39 Å². The quantitative estimate of drug-likeness (QED) is 0.884. The molecule has 0 aromatic heterocycles. The molecule has 0 saturated carbocycles. The molecule has 112 valence electrons. The highest BCUT2D eigenvalue weighted by molar-refractivity contribution is 5.48. The van der Waals surface area contributed by atoms with Gasteiger partial charge in [0.15, 0.2) is 11.5 Å². The summed E-state index contributed by atoms with van der Waals surface area (Å²) < 4.78 is 23.8. The average Bonchev–Trinajstić information content (AvgIpc) is 2.53. The maximum atomic E-state index is 13.0. The number of ether oxygens (including phenoxy) is 2. The summed E-state index contributed by atoms with van der Waals surface area (Å²) in [6.45, 7) is 0. The van der Waals surface area contributed by atoms with Crippen molar-refractivity contribution in [2.24, 2.45) is 0 Å². The fourth-order valence-corrected chi connectivity index (χ4v) is 2.41. The molecule has 0 aliphatic heterocycles. The molecule has 3 nitrogen and oxygen atoms in total. The Hall–Kier alpha value is -2.07. The first-order valence-corrected chi connectivity index (χ1v) is 6.82. The second-order valence-electron chi connectivity index (χ2n) is 4.75. The van der Waals surface area contributed by atoms with Crippen LogP contribution in [0.25, 0.3) is 0 Å². The molecule has 0 bridgehead atoms.